The van der Waals surface area contributed by atoms with Crippen molar-refractivity contribution in [3.8, 4) is 11.5 Å². The third kappa shape index (κ3) is 4.58. The van der Waals surface area contributed by atoms with Gasteiger partial charge in [0.2, 0.25) is 11.9 Å². The van der Waals surface area contributed by atoms with Crippen LogP contribution in [0.2, 0.25) is 0 Å². The molecule has 0 aliphatic carbocycles. The molecule has 4 rings (SSSR count). The highest BCUT2D eigenvalue weighted by molar-refractivity contribution is 5.88. The van der Waals surface area contributed by atoms with Crippen LogP contribution < -0.4 is 15.0 Å². The van der Waals surface area contributed by atoms with Crippen molar-refractivity contribution in [2.24, 2.45) is 0 Å². The van der Waals surface area contributed by atoms with E-state index in [0.29, 0.717) is 24.3 Å². The molecule has 0 radical (unpaired) electrons. The first-order chi connectivity index (χ1) is 15.0. The molecule has 3 aromatic rings. The molecule has 1 saturated heterocycles. The van der Waals surface area contributed by atoms with E-state index in [1.165, 1.54) is 4.90 Å². The second-order valence-corrected chi connectivity index (χ2v) is 7.33. The zero-order valence-electron chi connectivity index (χ0n) is 17.8. The lowest BCUT2D eigenvalue weighted by Gasteiger charge is -2.21. The molecule has 1 aliphatic heterocycles. The Hall–Kier alpha value is -3.68. The standard InChI is InChI=1S/C23H25N5O3/c1-4-17-14-30-23(29)28(17)22-26-16(3)25-21(27-22)24-15(2)19-12-8-9-13-20(19)31-18-10-6-5-7-11-18/h5-13,15,17H,4,14H2,1-3H3,(H,24,25,26,27)/t15-,17-/m0/s1. The molecule has 1 fully saturated rings. The number of nitrogens with zero attached hydrogens (tertiary/aromatic N) is 4. The number of benzene rings is 2. The second-order valence-electron chi connectivity index (χ2n) is 7.33. The average molecular weight is 419 g/mol. The molecule has 1 aliphatic rings. The molecule has 1 amide bonds. The van der Waals surface area contributed by atoms with Gasteiger partial charge >= 0.3 is 6.09 Å². The third-order valence-electron chi connectivity index (χ3n) is 5.09. The van der Waals surface area contributed by atoms with Crippen LogP contribution in [0.15, 0.2) is 54.6 Å². The summed E-state index contributed by atoms with van der Waals surface area (Å²) in [6, 6.07) is 17.2. The summed E-state index contributed by atoms with van der Waals surface area (Å²) in [6.07, 6.45) is 0.317. The molecule has 0 unspecified atom stereocenters. The number of ether oxygens (including phenoxy) is 2. The Morgan fingerprint density at radius 1 is 1.13 bits per heavy atom. The van der Waals surface area contributed by atoms with E-state index in [1.807, 2.05) is 68.4 Å². The minimum atomic E-state index is -0.432. The summed E-state index contributed by atoms with van der Waals surface area (Å²) >= 11 is 0. The first-order valence-electron chi connectivity index (χ1n) is 10.3. The smallest absolute Gasteiger partial charge is 0.417 e. The van der Waals surface area contributed by atoms with Crippen LogP contribution in [0, 0.1) is 6.92 Å². The third-order valence-corrected chi connectivity index (χ3v) is 5.09. The monoisotopic (exact) mass is 419 g/mol. The number of aryl methyl sites for hydroxylation is 1. The van der Waals surface area contributed by atoms with Crippen molar-refractivity contribution in [3.63, 3.8) is 0 Å². The number of cyclic esters (lactones) is 1. The molecule has 2 atom stereocenters. The summed E-state index contributed by atoms with van der Waals surface area (Å²) in [7, 11) is 0. The van der Waals surface area contributed by atoms with Crippen LogP contribution in [0.3, 0.4) is 0 Å². The minimum Gasteiger partial charge on any atom is -0.457 e. The number of nitrogens with one attached hydrogen (secondary N) is 1. The van der Waals surface area contributed by atoms with E-state index in [1.54, 1.807) is 6.92 Å². The number of hydrogen-bond donors (Lipinski definition) is 1. The number of aromatic nitrogens is 3. The fraction of sp³-hybridized carbons (Fsp3) is 0.304. The van der Waals surface area contributed by atoms with Gasteiger partial charge in [0.05, 0.1) is 12.1 Å². The Bertz CT molecular complexity index is 1060. The predicted molar refractivity (Wildman–Crippen MR) is 117 cm³/mol. The van der Waals surface area contributed by atoms with Crippen LogP contribution in [0.4, 0.5) is 16.7 Å². The maximum absolute atomic E-state index is 12.2. The van der Waals surface area contributed by atoms with E-state index in [9.17, 15) is 4.79 Å². The molecule has 0 saturated carbocycles. The van der Waals surface area contributed by atoms with Gasteiger partial charge in [-0.2, -0.15) is 15.0 Å². The normalized spacial score (nSPS) is 16.7. The lowest BCUT2D eigenvalue weighted by molar-refractivity contribution is 0.178. The minimum absolute atomic E-state index is 0.0837. The molecule has 8 heteroatoms. The number of hydrogen-bond acceptors (Lipinski definition) is 7. The van der Waals surface area contributed by atoms with Gasteiger partial charge < -0.3 is 14.8 Å². The Kier molecular flexibility index (Phi) is 5.97. The number of amides is 1. The Balaban J connectivity index is 1.58. The molecule has 2 aromatic carbocycles. The van der Waals surface area contributed by atoms with Crippen molar-refractivity contribution < 1.29 is 14.3 Å². The van der Waals surface area contributed by atoms with Crippen molar-refractivity contribution in [2.75, 3.05) is 16.8 Å². The average Bonchev–Trinajstić information content (AvgIpc) is 3.15. The highest BCUT2D eigenvalue weighted by atomic mass is 16.6. The van der Waals surface area contributed by atoms with Crippen molar-refractivity contribution >= 4 is 18.0 Å². The van der Waals surface area contributed by atoms with Gasteiger partial charge in [0.25, 0.3) is 0 Å². The van der Waals surface area contributed by atoms with Crippen molar-refractivity contribution in [2.45, 2.75) is 39.3 Å². The molecule has 31 heavy (non-hydrogen) atoms. The second kappa shape index (κ2) is 8.99. The predicted octanol–water partition coefficient (Wildman–Crippen LogP) is 4.88. The van der Waals surface area contributed by atoms with Crippen LogP contribution in [0.25, 0.3) is 0 Å². The highest BCUT2D eigenvalue weighted by Gasteiger charge is 2.35. The SMILES string of the molecule is CC[C@H]1COC(=O)N1c1nc(C)nc(N[C@@H](C)c2ccccc2Oc2ccccc2)n1. The number of para-hydroxylation sites is 2. The number of carbonyl (C=O) groups excluding carboxylic acids is 1. The van der Waals surface area contributed by atoms with Crippen LogP contribution >= 0.6 is 0 Å². The molecule has 1 N–H and O–H groups in total. The maximum Gasteiger partial charge on any atom is 0.417 e. The van der Waals surface area contributed by atoms with E-state index >= 15 is 0 Å². The van der Waals surface area contributed by atoms with Gasteiger partial charge in [-0.1, -0.05) is 43.3 Å². The fourth-order valence-electron chi connectivity index (χ4n) is 3.46. The van der Waals surface area contributed by atoms with Gasteiger partial charge in [0, 0.05) is 5.56 Å². The van der Waals surface area contributed by atoms with Gasteiger partial charge in [-0.3, -0.25) is 0 Å². The highest BCUT2D eigenvalue weighted by Crippen LogP contribution is 2.31. The number of rotatable bonds is 7. The van der Waals surface area contributed by atoms with Crippen LogP contribution in [-0.2, 0) is 4.74 Å². The Labute approximate surface area is 181 Å². The first kappa shape index (κ1) is 20.6. The van der Waals surface area contributed by atoms with Crippen LogP contribution in [-0.4, -0.2) is 33.7 Å². The van der Waals surface area contributed by atoms with Crippen LogP contribution in [0.1, 0.15) is 37.7 Å². The quantitative estimate of drug-likeness (QED) is 0.584. The van der Waals surface area contributed by atoms with Gasteiger partial charge in [0.1, 0.15) is 23.9 Å². The number of anilines is 2. The van der Waals surface area contributed by atoms with Crippen molar-refractivity contribution in [1.29, 1.82) is 0 Å². The van der Waals surface area contributed by atoms with Gasteiger partial charge in [-0.15, -0.1) is 0 Å². The molecule has 8 nitrogen and oxygen atoms in total. The van der Waals surface area contributed by atoms with Gasteiger partial charge in [-0.05, 0) is 38.5 Å². The Morgan fingerprint density at radius 2 is 1.87 bits per heavy atom. The van der Waals surface area contributed by atoms with E-state index < -0.39 is 6.09 Å². The molecule has 0 bridgehead atoms. The molecule has 2 heterocycles. The molecular weight excluding hydrogens is 394 g/mol. The zero-order valence-corrected chi connectivity index (χ0v) is 17.8. The zero-order chi connectivity index (χ0) is 21.8. The van der Waals surface area contributed by atoms with Crippen molar-refractivity contribution in [3.05, 3.63) is 66.0 Å². The van der Waals surface area contributed by atoms with Gasteiger partial charge in [-0.25, -0.2) is 9.69 Å². The summed E-state index contributed by atoms with van der Waals surface area (Å²) in [5, 5.41) is 3.32. The van der Waals surface area contributed by atoms with Crippen molar-refractivity contribution in [1.82, 2.24) is 15.0 Å². The maximum atomic E-state index is 12.2. The summed E-state index contributed by atoms with van der Waals surface area (Å²) < 4.78 is 11.3. The lowest BCUT2D eigenvalue weighted by atomic mass is 10.1. The summed E-state index contributed by atoms with van der Waals surface area (Å²) in [5.41, 5.74) is 0.956. The largest absolute Gasteiger partial charge is 0.457 e. The van der Waals surface area contributed by atoms with E-state index in [0.717, 1.165) is 23.5 Å². The molecule has 1 aromatic heterocycles. The molecular formula is C23H25N5O3. The summed E-state index contributed by atoms with van der Waals surface area (Å²) in [6.45, 7) is 6.11. The fourth-order valence-corrected chi connectivity index (χ4v) is 3.46. The molecule has 160 valence electrons. The lowest BCUT2D eigenvalue weighted by Crippen LogP contribution is -2.34. The number of carbonyl (C=O) groups is 1. The first-order valence-corrected chi connectivity index (χ1v) is 10.3. The summed E-state index contributed by atoms with van der Waals surface area (Å²) in [5.74, 6) is 2.71. The summed E-state index contributed by atoms with van der Waals surface area (Å²) in [4.78, 5) is 26.9. The molecule has 0 spiro atoms. The van der Waals surface area contributed by atoms with Crippen LogP contribution in [0.5, 0.6) is 11.5 Å². The van der Waals surface area contributed by atoms with E-state index in [4.69, 9.17) is 9.47 Å². The Morgan fingerprint density at radius 3 is 2.65 bits per heavy atom. The van der Waals surface area contributed by atoms with E-state index in [-0.39, 0.29) is 12.1 Å². The van der Waals surface area contributed by atoms with E-state index in [2.05, 4.69) is 20.3 Å². The topological polar surface area (TPSA) is 89.5 Å². The van der Waals surface area contributed by atoms with Gasteiger partial charge in [0.15, 0.2) is 0 Å².